The third-order valence-corrected chi connectivity index (χ3v) is 8.77. The molecule has 0 unspecified atom stereocenters. The Morgan fingerprint density at radius 2 is 1.42 bits per heavy atom. The number of allylic oxidation sites excluding steroid dienone is 1. The summed E-state index contributed by atoms with van der Waals surface area (Å²) in [5.74, 6) is 0.0232. The summed E-state index contributed by atoms with van der Waals surface area (Å²) in [6.07, 6.45) is 17.3. The molecule has 0 spiro atoms. The molecule has 0 N–H and O–H groups in total. The van der Waals surface area contributed by atoms with Crippen molar-refractivity contribution in [1.82, 2.24) is 0 Å². The Balaban J connectivity index is 1.33. The van der Waals surface area contributed by atoms with Crippen LogP contribution >= 0.6 is 0 Å². The molecule has 0 radical (unpaired) electrons. The highest BCUT2D eigenvalue weighted by Crippen LogP contribution is 2.40. The van der Waals surface area contributed by atoms with Crippen molar-refractivity contribution >= 4 is 6.08 Å². The number of rotatable bonds is 9. The molecule has 0 amide bonds. The highest BCUT2D eigenvalue weighted by molar-refractivity contribution is 5.52. The summed E-state index contributed by atoms with van der Waals surface area (Å²) < 4.78 is 44.7. The summed E-state index contributed by atoms with van der Waals surface area (Å²) in [6, 6.07) is 9.35. The van der Waals surface area contributed by atoms with E-state index in [2.05, 4.69) is 19.9 Å². The van der Waals surface area contributed by atoms with Crippen LogP contribution < -0.4 is 0 Å². The van der Waals surface area contributed by atoms with Crippen molar-refractivity contribution in [2.45, 2.75) is 109 Å². The third-order valence-electron chi connectivity index (χ3n) is 8.77. The van der Waals surface area contributed by atoms with Gasteiger partial charge in [0.05, 0.1) is 0 Å². The predicted octanol–water partition coefficient (Wildman–Crippen LogP) is 10.5. The van der Waals surface area contributed by atoms with E-state index in [0.717, 1.165) is 87.7 Å². The van der Waals surface area contributed by atoms with E-state index in [4.69, 9.17) is 0 Å². The van der Waals surface area contributed by atoms with Crippen LogP contribution in [0, 0.1) is 29.3 Å². The molecular formula is C33H43F3. The molecule has 0 nitrogen and oxygen atoms in total. The molecule has 2 fully saturated rings. The number of unbranched alkanes of at least 4 members (excludes halogenated alkanes) is 1. The Bertz CT molecular complexity index is 1010. The Kier molecular flexibility index (Phi) is 9.73. The molecule has 2 aromatic rings. The molecule has 2 aliphatic rings. The van der Waals surface area contributed by atoms with Crippen molar-refractivity contribution in [1.29, 1.82) is 0 Å². The smallest absolute Gasteiger partial charge is 0.166 e. The minimum absolute atomic E-state index is 0.0703. The zero-order valence-electron chi connectivity index (χ0n) is 22.2. The first-order valence-electron chi connectivity index (χ1n) is 14.4. The van der Waals surface area contributed by atoms with Crippen molar-refractivity contribution in [2.75, 3.05) is 0 Å². The van der Waals surface area contributed by atoms with Crippen LogP contribution in [0.15, 0.2) is 36.4 Å². The van der Waals surface area contributed by atoms with E-state index < -0.39 is 11.6 Å². The van der Waals surface area contributed by atoms with Gasteiger partial charge in [0, 0.05) is 5.56 Å². The van der Waals surface area contributed by atoms with Crippen LogP contribution in [0.2, 0.25) is 0 Å². The van der Waals surface area contributed by atoms with Crippen molar-refractivity contribution in [3.05, 3.63) is 76.1 Å². The number of aryl methyl sites for hydroxylation is 1. The second-order valence-corrected chi connectivity index (χ2v) is 11.3. The van der Waals surface area contributed by atoms with E-state index in [1.165, 1.54) is 12.8 Å². The van der Waals surface area contributed by atoms with Crippen LogP contribution in [0.1, 0.15) is 125 Å². The summed E-state index contributed by atoms with van der Waals surface area (Å²) in [7, 11) is 0. The minimum atomic E-state index is -0.710. The number of halogens is 3. The topological polar surface area (TPSA) is 0 Å². The Hall–Kier alpha value is -2.03. The fourth-order valence-corrected chi connectivity index (χ4v) is 6.49. The molecule has 0 bridgehead atoms. The molecule has 196 valence electrons. The van der Waals surface area contributed by atoms with Gasteiger partial charge in [-0.05, 0) is 111 Å². The molecular weight excluding hydrogens is 453 g/mol. The maximum atomic E-state index is 15.0. The zero-order chi connectivity index (χ0) is 25.5. The number of benzene rings is 2. The maximum absolute atomic E-state index is 15.0. The molecule has 2 aliphatic carbocycles. The van der Waals surface area contributed by atoms with Crippen molar-refractivity contribution < 1.29 is 13.2 Å². The second kappa shape index (κ2) is 13.0. The largest absolute Gasteiger partial charge is 0.207 e. The van der Waals surface area contributed by atoms with Crippen LogP contribution in [-0.4, -0.2) is 0 Å². The van der Waals surface area contributed by atoms with Crippen molar-refractivity contribution in [3.8, 4) is 0 Å². The van der Waals surface area contributed by atoms with E-state index >= 15 is 0 Å². The van der Waals surface area contributed by atoms with Gasteiger partial charge in [-0.3, -0.25) is 0 Å². The predicted molar refractivity (Wildman–Crippen MR) is 145 cm³/mol. The van der Waals surface area contributed by atoms with Gasteiger partial charge in [0.2, 0.25) is 0 Å². The molecule has 0 heterocycles. The van der Waals surface area contributed by atoms with Crippen molar-refractivity contribution in [2.24, 2.45) is 11.8 Å². The minimum Gasteiger partial charge on any atom is -0.207 e. The Morgan fingerprint density at radius 3 is 2.08 bits per heavy atom. The highest BCUT2D eigenvalue weighted by atomic mass is 19.2. The van der Waals surface area contributed by atoms with Gasteiger partial charge in [0.25, 0.3) is 0 Å². The van der Waals surface area contributed by atoms with Crippen molar-refractivity contribution in [3.63, 3.8) is 0 Å². The maximum Gasteiger partial charge on any atom is 0.166 e. The quantitative estimate of drug-likeness (QED) is 0.324. The molecule has 4 rings (SSSR count). The van der Waals surface area contributed by atoms with Crippen LogP contribution in [0.4, 0.5) is 13.2 Å². The van der Waals surface area contributed by atoms with E-state index in [9.17, 15) is 13.2 Å². The van der Waals surface area contributed by atoms with Gasteiger partial charge in [-0.1, -0.05) is 69.5 Å². The number of hydrogen-bond donors (Lipinski definition) is 0. The Morgan fingerprint density at radius 1 is 0.750 bits per heavy atom. The molecule has 36 heavy (non-hydrogen) atoms. The summed E-state index contributed by atoms with van der Waals surface area (Å²) in [5, 5.41) is 0. The lowest BCUT2D eigenvalue weighted by molar-refractivity contribution is 0.303. The first kappa shape index (κ1) is 27.0. The van der Waals surface area contributed by atoms with Gasteiger partial charge in [0.1, 0.15) is 5.82 Å². The molecule has 0 saturated heterocycles. The normalized spacial score (nSPS) is 24.9. The van der Waals surface area contributed by atoms with Crippen LogP contribution in [0.5, 0.6) is 0 Å². The number of hydrogen-bond acceptors (Lipinski definition) is 0. The molecule has 3 heteroatoms. The van der Waals surface area contributed by atoms with Crippen LogP contribution in [0.25, 0.3) is 6.08 Å². The van der Waals surface area contributed by atoms with E-state index in [-0.39, 0.29) is 17.7 Å². The summed E-state index contributed by atoms with van der Waals surface area (Å²) in [6.45, 7) is 4.36. The third kappa shape index (κ3) is 6.64. The van der Waals surface area contributed by atoms with Gasteiger partial charge < -0.3 is 0 Å². The standard InChI is InChI=1S/C33H43F3/c1-3-5-7-25-13-20-29(31(34)22-25)26-14-10-24(11-15-26)12-18-28-19-21-30(33(36)32(28)35)27-16-8-23(6-4-2)9-17-27/h12-13,18-24,26-27H,3-11,14-17H2,1-2H3. The molecule has 0 aliphatic heterocycles. The first-order valence-corrected chi connectivity index (χ1v) is 14.4. The van der Waals surface area contributed by atoms with E-state index in [1.54, 1.807) is 18.2 Å². The van der Waals surface area contributed by atoms with Crippen LogP contribution in [-0.2, 0) is 6.42 Å². The van der Waals surface area contributed by atoms with Gasteiger partial charge in [-0.15, -0.1) is 0 Å². The Labute approximate surface area is 216 Å². The molecule has 0 aromatic heterocycles. The average Bonchev–Trinajstić information content (AvgIpc) is 2.90. The SMILES string of the molecule is CCCCc1ccc(C2CCC(C=Cc3ccc(C4CCC(CCC)CC4)c(F)c3F)CC2)c(F)c1. The zero-order valence-corrected chi connectivity index (χ0v) is 22.2. The van der Waals surface area contributed by atoms with Gasteiger partial charge in [-0.25, -0.2) is 13.2 Å². The highest BCUT2D eigenvalue weighted by Gasteiger charge is 2.26. The fourth-order valence-electron chi connectivity index (χ4n) is 6.49. The lowest BCUT2D eigenvalue weighted by Gasteiger charge is -2.29. The molecule has 0 atom stereocenters. The molecule has 2 aromatic carbocycles. The van der Waals surface area contributed by atoms with Gasteiger partial charge in [-0.2, -0.15) is 0 Å². The van der Waals surface area contributed by atoms with E-state index in [0.29, 0.717) is 17.0 Å². The average molecular weight is 497 g/mol. The lowest BCUT2D eigenvalue weighted by Crippen LogP contribution is -2.15. The summed E-state index contributed by atoms with van der Waals surface area (Å²) >= 11 is 0. The van der Waals surface area contributed by atoms with Crippen LogP contribution in [0.3, 0.4) is 0 Å². The van der Waals surface area contributed by atoms with Gasteiger partial charge >= 0.3 is 0 Å². The monoisotopic (exact) mass is 496 g/mol. The van der Waals surface area contributed by atoms with E-state index in [1.807, 2.05) is 18.2 Å². The second-order valence-electron chi connectivity index (χ2n) is 11.3. The fraction of sp³-hybridized carbons (Fsp3) is 0.576. The first-order chi connectivity index (χ1) is 17.5. The lowest BCUT2D eigenvalue weighted by atomic mass is 9.77. The molecule has 2 saturated carbocycles. The van der Waals surface area contributed by atoms with Gasteiger partial charge in [0.15, 0.2) is 11.6 Å². The summed E-state index contributed by atoms with van der Waals surface area (Å²) in [5.41, 5.74) is 2.82. The summed E-state index contributed by atoms with van der Waals surface area (Å²) in [4.78, 5) is 0.